The first-order valence-electron chi connectivity index (χ1n) is 5.32. The molecule has 0 aromatic rings. The molecule has 1 rings (SSSR count). The van der Waals surface area contributed by atoms with E-state index in [-0.39, 0.29) is 11.9 Å². The van der Waals surface area contributed by atoms with Gasteiger partial charge in [0.15, 0.2) is 0 Å². The number of carbonyl (C=O) groups is 1. The van der Waals surface area contributed by atoms with Crippen molar-refractivity contribution in [2.75, 3.05) is 13.1 Å². The zero-order chi connectivity index (χ0) is 10.6. The van der Waals surface area contributed by atoms with E-state index in [1.807, 2.05) is 18.7 Å². The van der Waals surface area contributed by atoms with Gasteiger partial charge in [0.1, 0.15) is 0 Å². The summed E-state index contributed by atoms with van der Waals surface area (Å²) in [6.07, 6.45) is 5.65. The molecular weight excluding hydrogens is 176 g/mol. The zero-order valence-corrected chi connectivity index (χ0v) is 9.07. The summed E-state index contributed by atoms with van der Waals surface area (Å²) in [5.74, 6) is 0.593. The molecule has 0 aromatic carbocycles. The highest BCUT2D eigenvalue weighted by Gasteiger charge is 2.24. The van der Waals surface area contributed by atoms with Crippen LogP contribution in [-0.4, -0.2) is 29.9 Å². The van der Waals surface area contributed by atoms with Gasteiger partial charge in [-0.2, -0.15) is 0 Å². The van der Waals surface area contributed by atoms with Crippen LogP contribution in [0.15, 0.2) is 12.2 Å². The first kappa shape index (κ1) is 11.2. The Morgan fingerprint density at radius 1 is 1.64 bits per heavy atom. The average Bonchev–Trinajstić information content (AvgIpc) is 2.18. The Morgan fingerprint density at radius 2 is 2.36 bits per heavy atom. The number of piperidine rings is 1. The number of rotatable bonds is 2. The second-order valence-electron chi connectivity index (χ2n) is 4.05. The molecule has 2 N–H and O–H groups in total. The highest BCUT2D eigenvalue weighted by atomic mass is 16.2. The van der Waals surface area contributed by atoms with Gasteiger partial charge >= 0.3 is 0 Å². The molecule has 14 heavy (non-hydrogen) atoms. The number of amides is 1. The Balaban J connectivity index is 2.51. The van der Waals surface area contributed by atoms with E-state index < -0.39 is 0 Å². The molecule has 3 heteroatoms. The summed E-state index contributed by atoms with van der Waals surface area (Å²) in [5.41, 5.74) is 5.85. The number of nitrogens with two attached hydrogens (primary N) is 1. The van der Waals surface area contributed by atoms with Gasteiger partial charge in [0.25, 0.3) is 0 Å². The quantitative estimate of drug-likeness (QED) is 0.673. The van der Waals surface area contributed by atoms with Crippen LogP contribution in [0.25, 0.3) is 0 Å². The lowest BCUT2D eigenvalue weighted by Crippen LogP contribution is -2.44. The van der Waals surface area contributed by atoms with Gasteiger partial charge < -0.3 is 10.6 Å². The van der Waals surface area contributed by atoms with Crippen molar-refractivity contribution in [1.82, 2.24) is 4.90 Å². The molecule has 1 amide bonds. The minimum absolute atomic E-state index is 0.123. The monoisotopic (exact) mass is 196 g/mol. The van der Waals surface area contributed by atoms with Crippen molar-refractivity contribution in [1.29, 1.82) is 0 Å². The fraction of sp³-hybridized carbons (Fsp3) is 0.727. The van der Waals surface area contributed by atoms with Crippen LogP contribution in [0.2, 0.25) is 0 Å². The summed E-state index contributed by atoms with van der Waals surface area (Å²) in [6.45, 7) is 5.59. The third-order valence-corrected chi connectivity index (χ3v) is 2.82. The predicted molar refractivity (Wildman–Crippen MR) is 57.8 cm³/mol. The second-order valence-corrected chi connectivity index (χ2v) is 4.05. The lowest BCUT2D eigenvalue weighted by Gasteiger charge is -2.34. The smallest absolute Gasteiger partial charge is 0.246 e. The second kappa shape index (κ2) is 5.15. The van der Waals surface area contributed by atoms with Gasteiger partial charge in [0.05, 0.1) is 0 Å². The van der Waals surface area contributed by atoms with Gasteiger partial charge in [0.2, 0.25) is 5.91 Å². The van der Waals surface area contributed by atoms with Crippen molar-refractivity contribution in [2.24, 2.45) is 11.7 Å². The lowest BCUT2D eigenvalue weighted by atomic mass is 9.92. The summed E-state index contributed by atoms with van der Waals surface area (Å²) in [4.78, 5) is 13.5. The maximum Gasteiger partial charge on any atom is 0.246 e. The first-order chi connectivity index (χ1) is 6.65. The van der Waals surface area contributed by atoms with Crippen LogP contribution < -0.4 is 5.73 Å². The SMILES string of the molecule is CC=CC(=O)N1CCCC(C(C)N)C1. The van der Waals surface area contributed by atoms with E-state index in [2.05, 4.69) is 0 Å². The third kappa shape index (κ3) is 2.84. The Hall–Kier alpha value is -0.830. The molecule has 1 aliphatic rings. The molecular formula is C11H20N2O. The maximum absolute atomic E-state index is 11.6. The van der Waals surface area contributed by atoms with Crippen molar-refractivity contribution in [3.63, 3.8) is 0 Å². The number of nitrogens with zero attached hydrogens (tertiary/aromatic N) is 1. The van der Waals surface area contributed by atoms with Gasteiger partial charge in [-0.25, -0.2) is 0 Å². The number of allylic oxidation sites excluding steroid dienone is 1. The minimum atomic E-state index is 0.123. The van der Waals surface area contributed by atoms with Crippen LogP contribution in [0.1, 0.15) is 26.7 Å². The molecule has 0 spiro atoms. The Kier molecular flexibility index (Phi) is 4.14. The topological polar surface area (TPSA) is 46.3 Å². The molecule has 80 valence electrons. The fourth-order valence-electron chi connectivity index (χ4n) is 1.89. The molecule has 0 aliphatic carbocycles. The van der Waals surface area contributed by atoms with Crippen LogP contribution in [0, 0.1) is 5.92 Å². The summed E-state index contributed by atoms with van der Waals surface area (Å²) in [6, 6.07) is 0.191. The van der Waals surface area contributed by atoms with Crippen molar-refractivity contribution in [3.05, 3.63) is 12.2 Å². The Bertz CT molecular complexity index is 223. The van der Waals surface area contributed by atoms with Crippen molar-refractivity contribution >= 4 is 5.91 Å². The first-order valence-corrected chi connectivity index (χ1v) is 5.32. The van der Waals surface area contributed by atoms with Gasteiger partial charge in [-0.05, 0) is 38.7 Å². The fourth-order valence-corrected chi connectivity index (χ4v) is 1.89. The van der Waals surface area contributed by atoms with E-state index in [0.717, 1.165) is 25.9 Å². The molecule has 3 nitrogen and oxygen atoms in total. The molecule has 1 aliphatic heterocycles. The molecule has 1 saturated heterocycles. The van der Waals surface area contributed by atoms with Gasteiger partial charge in [-0.15, -0.1) is 0 Å². The largest absolute Gasteiger partial charge is 0.339 e. The zero-order valence-electron chi connectivity index (χ0n) is 9.07. The molecule has 0 saturated carbocycles. The van der Waals surface area contributed by atoms with E-state index in [1.165, 1.54) is 0 Å². The lowest BCUT2D eigenvalue weighted by molar-refractivity contribution is -0.127. The summed E-state index contributed by atoms with van der Waals surface area (Å²) >= 11 is 0. The van der Waals surface area contributed by atoms with Gasteiger partial charge in [-0.1, -0.05) is 6.08 Å². The standard InChI is InChI=1S/C11H20N2O/c1-3-5-11(14)13-7-4-6-10(8-13)9(2)12/h3,5,9-10H,4,6-8,12H2,1-2H3. The van der Waals surface area contributed by atoms with E-state index in [4.69, 9.17) is 5.73 Å². The third-order valence-electron chi connectivity index (χ3n) is 2.82. The number of hydrogen-bond donors (Lipinski definition) is 1. The van der Waals surface area contributed by atoms with Gasteiger partial charge in [-0.3, -0.25) is 4.79 Å². The number of likely N-dealkylation sites (tertiary alicyclic amines) is 1. The van der Waals surface area contributed by atoms with Crippen LogP contribution in [0.3, 0.4) is 0 Å². The molecule has 2 unspecified atom stereocenters. The highest BCUT2D eigenvalue weighted by Crippen LogP contribution is 2.18. The van der Waals surface area contributed by atoms with E-state index in [1.54, 1.807) is 12.2 Å². The minimum Gasteiger partial charge on any atom is -0.339 e. The van der Waals surface area contributed by atoms with Gasteiger partial charge in [0, 0.05) is 19.1 Å². The molecule has 0 aromatic heterocycles. The van der Waals surface area contributed by atoms with Crippen molar-refractivity contribution in [3.8, 4) is 0 Å². The molecule has 1 heterocycles. The number of carbonyl (C=O) groups excluding carboxylic acids is 1. The molecule has 0 bridgehead atoms. The highest BCUT2D eigenvalue weighted by molar-refractivity contribution is 5.87. The predicted octanol–water partition coefficient (Wildman–Crippen LogP) is 1.15. The Morgan fingerprint density at radius 3 is 2.93 bits per heavy atom. The summed E-state index contributed by atoms with van der Waals surface area (Å²) in [7, 11) is 0. The van der Waals surface area contributed by atoms with Crippen LogP contribution >= 0.6 is 0 Å². The van der Waals surface area contributed by atoms with E-state index >= 15 is 0 Å². The van der Waals surface area contributed by atoms with Crippen LogP contribution in [0.5, 0.6) is 0 Å². The summed E-state index contributed by atoms with van der Waals surface area (Å²) < 4.78 is 0. The molecule has 1 fully saturated rings. The van der Waals surface area contributed by atoms with Crippen molar-refractivity contribution < 1.29 is 4.79 Å². The summed E-state index contributed by atoms with van der Waals surface area (Å²) in [5, 5.41) is 0. The Labute approximate surface area is 86.0 Å². The normalized spacial score (nSPS) is 25.4. The van der Waals surface area contributed by atoms with Crippen molar-refractivity contribution in [2.45, 2.75) is 32.7 Å². The average molecular weight is 196 g/mol. The number of hydrogen-bond acceptors (Lipinski definition) is 2. The van der Waals surface area contributed by atoms with E-state index in [0.29, 0.717) is 5.92 Å². The van der Waals surface area contributed by atoms with Crippen LogP contribution in [-0.2, 0) is 4.79 Å². The molecule has 2 atom stereocenters. The van der Waals surface area contributed by atoms with Crippen LogP contribution in [0.4, 0.5) is 0 Å². The maximum atomic E-state index is 11.6. The molecule has 0 radical (unpaired) electrons. The van der Waals surface area contributed by atoms with E-state index in [9.17, 15) is 4.79 Å².